The van der Waals surface area contributed by atoms with E-state index in [9.17, 15) is 0 Å². The fraction of sp³-hybridized carbons (Fsp3) is 0.212. The molecule has 2 heterocycles. The Balaban J connectivity index is 0.00000151. The van der Waals surface area contributed by atoms with Crippen molar-refractivity contribution in [1.29, 1.82) is 0 Å². The molecule has 6 rings (SSSR count). The molecular weight excluding hydrogens is 683 g/mol. The molecule has 0 aliphatic heterocycles. The number of benzene rings is 4. The van der Waals surface area contributed by atoms with Gasteiger partial charge in [-0.2, -0.15) is 18.2 Å². The van der Waals surface area contributed by atoms with Crippen LogP contribution in [0.4, 0.5) is 0 Å². The molecule has 0 saturated heterocycles. The summed E-state index contributed by atoms with van der Waals surface area (Å²) in [5.74, 6) is 0. The fourth-order valence-corrected chi connectivity index (χ4v) is 5.61. The van der Waals surface area contributed by atoms with Gasteiger partial charge in [0.05, 0.1) is 36.2 Å². The van der Waals surface area contributed by atoms with Crippen molar-refractivity contribution < 1.29 is 27.9 Å². The van der Waals surface area contributed by atoms with E-state index in [0.717, 1.165) is 39.0 Å². The van der Waals surface area contributed by atoms with Crippen molar-refractivity contribution in [3.63, 3.8) is 0 Å². The number of rotatable bonds is 3. The van der Waals surface area contributed by atoms with Crippen LogP contribution in [-0.4, -0.2) is 9.13 Å². The summed E-state index contributed by atoms with van der Waals surface area (Å²) < 4.78 is 8.37. The Hall–Kier alpha value is -3.20. The van der Waals surface area contributed by atoms with Gasteiger partial charge in [0, 0.05) is 0 Å². The van der Waals surface area contributed by atoms with Crippen molar-refractivity contribution in [3.8, 4) is 22.5 Å². The number of imidazole rings is 2. The van der Waals surface area contributed by atoms with Crippen LogP contribution in [0.2, 0.25) is 0 Å². The summed E-state index contributed by atoms with van der Waals surface area (Å²) in [5.41, 5.74) is 15.2. The molecule has 39 heavy (non-hydrogen) atoms. The van der Waals surface area contributed by atoms with E-state index >= 15 is 0 Å². The van der Waals surface area contributed by atoms with Crippen molar-refractivity contribution in [2.24, 2.45) is 14.1 Å². The van der Waals surface area contributed by atoms with Crippen LogP contribution >= 0.6 is 9.42 Å². The topological polar surface area (TPSA) is 17.6 Å². The molecule has 0 atom stereocenters. The van der Waals surface area contributed by atoms with Crippen LogP contribution in [-0.2, 0) is 32.9 Å². The summed E-state index contributed by atoms with van der Waals surface area (Å²) in [6.07, 6.45) is 7.04. The van der Waals surface area contributed by atoms with Gasteiger partial charge in [0.1, 0.15) is 0 Å². The second kappa shape index (κ2) is 10.8. The second-order valence-corrected chi connectivity index (χ2v) is 10.3. The number of nitrogens with zero attached hydrogens (tertiary/aromatic N) is 4. The number of aryl methyl sites for hydroxylation is 7. The second-order valence-electron chi connectivity index (χ2n) is 10.3. The number of fused-ring (bicyclic) bond motifs is 2. The third-order valence-corrected chi connectivity index (χ3v) is 7.47. The van der Waals surface area contributed by atoms with Crippen molar-refractivity contribution in [1.82, 2.24) is 9.13 Å². The number of halogens is 1. The normalized spacial score (nSPS) is 11.2. The molecule has 0 N–H and O–H groups in total. The molecule has 2 aromatic heterocycles. The summed E-state index contributed by atoms with van der Waals surface area (Å²) >= 11 is 1.61. The van der Waals surface area contributed by atoms with Crippen LogP contribution in [0.25, 0.3) is 44.6 Å². The van der Waals surface area contributed by atoms with Crippen molar-refractivity contribution >= 4 is 31.5 Å². The number of para-hydroxylation sites is 2. The first-order valence-electron chi connectivity index (χ1n) is 12.8. The quantitative estimate of drug-likeness (QED) is 0.147. The van der Waals surface area contributed by atoms with Crippen LogP contribution < -0.4 is 9.13 Å². The Morgan fingerprint density at radius 2 is 1.18 bits per heavy atom. The van der Waals surface area contributed by atoms with Crippen LogP contribution in [0.15, 0.2) is 60.7 Å². The molecule has 0 spiro atoms. The first kappa shape index (κ1) is 27.4. The Morgan fingerprint density at radius 3 is 1.82 bits per heavy atom. The summed E-state index contributed by atoms with van der Waals surface area (Å²) in [5, 5.41) is 0. The Kier molecular flexibility index (Phi) is 7.55. The zero-order valence-electron chi connectivity index (χ0n) is 23.3. The van der Waals surface area contributed by atoms with E-state index in [4.69, 9.17) is 0 Å². The van der Waals surface area contributed by atoms with Crippen LogP contribution in [0.5, 0.6) is 0 Å². The molecule has 4 aromatic carbocycles. The number of hydrogen-bond donors (Lipinski definition) is 0. The summed E-state index contributed by atoms with van der Waals surface area (Å²) in [6.45, 7) is 10.9. The zero-order valence-corrected chi connectivity index (χ0v) is 26.3. The molecule has 0 aliphatic rings. The third kappa shape index (κ3) is 4.86. The molecule has 0 unspecified atom stereocenters. The predicted octanol–water partition coefficient (Wildman–Crippen LogP) is 6.52. The van der Waals surface area contributed by atoms with E-state index in [1.165, 1.54) is 33.4 Å². The molecule has 0 aliphatic carbocycles. The molecule has 0 bridgehead atoms. The van der Waals surface area contributed by atoms with E-state index in [1.807, 2.05) is 11.6 Å². The molecule has 0 radical (unpaired) electrons. The van der Waals surface area contributed by atoms with Gasteiger partial charge in [0.15, 0.2) is 0 Å². The standard InChI is InChI=1S/C33H31N4.ClH.Pt/c1-21-12-24(4)33(25(5)13-21)26-16-27(36-19-34(6)29-10-8-9-11-30(29)36)18-28(17-26)37-20-35(7)31-14-22(2)23(3)15-32(31)37;;/h8-17H,1-7H3;1H;/q-1;;+1/p-1. The monoisotopic (exact) mass is 713 g/mol. The molecule has 4 nitrogen and oxygen atoms in total. The zero-order chi connectivity index (χ0) is 28.0. The van der Waals surface area contributed by atoms with Crippen molar-refractivity contribution in [3.05, 3.63) is 107 Å². The van der Waals surface area contributed by atoms with Gasteiger partial charge in [0.2, 0.25) is 12.7 Å². The van der Waals surface area contributed by atoms with Crippen LogP contribution in [0.1, 0.15) is 27.8 Å². The maximum atomic E-state index is 4.61. The molecule has 6 heteroatoms. The average Bonchev–Trinajstić information content (AvgIpc) is 3.41. The molecule has 0 saturated carbocycles. The number of aromatic nitrogens is 4. The van der Waals surface area contributed by atoms with Crippen molar-refractivity contribution in [2.75, 3.05) is 0 Å². The van der Waals surface area contributed by atoms with E-state index in [-0.39, 0.29) is 0 Å². The first-order valence-corrected chi connectivity index (χ1v) is 15.6. The Morgan fingerprint density at radius 1 is 0.641 bits per heavy atom. The predicted molar refractivity (Wildman–Crippen MR) is 154 cm³/mol. The summed E-state index contributed by atoms with van der Waals surface area (Å²) in [4.78, 5) is 0. The minimum atomic E-state index is 0.949. The average molecular weight is 714 g/mol. The van der Waals surface area contributed by atoms with Crippen LogP contribution in [0, 0.1) is 53.3 Å². The SMILES string of the molecule is Cc1cc(C)c(-c2cc(-[n+]3[c-]n(C)c4ccccc43)[c-]c(-[n+]3[c-]n(C)c4cc(C)c(C)cc43)c2)c(C)c1.[Cl][Pt]. The van der Waals surface area contributed by atoms with Gasteiger partial charge >= 0.3 is 28.2 Å². The van der Waals surface area contributed by atoms with E-state index < -0.39 is 0 Å². The van der Waals surface area contributed by atoms with Crippen LogP contribution in [0.3, 0.4) is 0 Å². The van der Waals surface area contributed by atoms with Gasteiger partial charge in [-0.3, -0.25) is 0 Å². The van der Waals surface area contributed by atoms with E-state index in [0.29, 0.717) is 0 Å². The first-order chi connectivity index (χ1) is 18.7. The van der Waals surface area contributed by atoms with E-state index in [2.05, 4.69) is 144 Å². The van der Waals surface area contributed by atoms with Gasteiger partial charge in [-0.1, -0.05) is 76.6 Å². The van der Waals surface area contributed by atoms with Gasteiger partial charge < -0.3 is 18.3 Å². The van der Waals surface area contributed by atoms with Gasteiger partial charge in [-0.15, -0.1) is 5.56 Å². The third-order valence-electron chi connectivity index (χ3n) is 7.47. The maximum absolute atomic E-state index is 4.61. The Bertz CT molecular complexity index is 1840. The summed E-state index contributed by atoms with van der Waals surface area (Å²) in [7, 11) is 8.70. The minimum absolute atomic E-state index is 0.949. The Labute approximate surface area is 245 Å². The molecule has 0 fully saturated rings. The molecule has 201 valence electrons. The molecule has 6 aromatic rings. The van der Waals surface area contributed by atoms with Gasteiger partial charge in [-0.05, 0) is 51.3 Å². The summed E-state index contributed by atoms with van der Waals surface area (Å²) in [6, 6.07) is 25.6. The molecule has 0 amide bonds. The van der Waals surface area contributed by atoms with Gasteiger partial charge in [0.25, 0.3) is 0 Å². The van der Waals surface area contributed by atoms with Crippen molar-refractivity contribution in [2.45, 2.75) is 34.6 Å². The van der Waals surface area contributed by atoms with E-state index in [1.54, 1.807) is 18.8 Å². The number of hydrogen-bond acceptors (Lipinski definition) is 0. The van der Waals surface area contributed by atoms with Gasteiger partial charge in [-0.25, -0.2) is 0 Å². The fourth-order valence-electron chi connectivity index (χ4n) is 5.61. The molecular formula is C33H31ClN4Pt-.